The standard InChI is InChI=1S/C17H16O3.C15H11N.Pt/c1-13(18)11-16(19)12-20-17-9-7-15(8-10-17)14-5-3-2-4-6-14;1-2-7-13(8-3-1)15-14-9-5-4-6-12(14)10-11-16-15;/h2-11,19H,12H2,1H3;1-7,9-11,15H;/q;-2;+2/b16-11-;;. The largest absolute Gasteiger partial charge is 2.00 e. The van der Waals surface area contributed by atoms with E-state index >= 15 is 0 Å². The number of nitrogens with zero attached hydrogens (tertiary/aromatic N) is 1. The van der Waals surface area contributed by atoms with E-state index in [1.165, 1.54) is 18.1 Å². The van der Waals surface area contributed by atoms with Crippen molar-refractivity contribution in [2.45, 2.75) is 13.0 Å². The van der Waals surface area contributed by atoms with Crippen LogP contribution < -0.4 is 4.74 Å². The maximum atomic E-state index is 10.8. The number of ether oxygens (including phenoxy) is 1. The molecule has 1 atom stereocenters. The third kappa shape index (κ3) is 8.06. The molecule has 1 unspecified atom stereocenters. The molecular weight excluding hydrogens is 641 g/mol. The normalized spacial score (nSPS) is 13.6. The van der Waals surface area contributed by atoms with Crippen molar-refractivity contribution in [1.29, 1.82) is 0 Å². The molecule has 5 heteroatoms. The van der Waals surface area contributed by atoms with Crippen LogP contribution in [0.4, 0.5) is 0 Å². The van der Waals surface area contributed by atoms with Crippen molar-refractivity contribution in [1.82, 2.24) is 0 Å². The Hall–Kier alpha value is -3.88. The number of allylic oxidation sites excluding steroid dienone is 1. The van der Waals surface area contributed by atoms with Crippen molar-refractivity contribution in [3.8, 4) is 16.9 Å². The van der Waals surface area contributed by atoms with Gasteiger partial charge in [-0.05, 0) is 35.7 Å². The van der Waals surface area contributed by atoms with E-state index in [-0.39, 0.29) is 45.3 Å². The Morgan fingerprint density at radius 1 is 0.919 bits per heavy atom. The van der Waals surface area contributed by atoms with E-state index < -0.39 is 0 Å². The van der Waals surface area contributed by atoms with Gasteiger partial charge < -0.3 is 15.2 Å². The number of aliphatic hydroxyl groups is 1. The molecule has 0 saturated carbocycles. The van der Waals surface area contributed by atoms with Gasteiger partial charge in [-0.25, -0.2) is 0 Å². The molecule has 0 amide bonds. The van der Waals surface area contributed by atoms with E-state index in [2.05, 4.69) is 47.8 Å². The monoisotopic (exact) mass is 668 g/mol. The fraction of sp³-hybridized carbons (Fsp3) is 0.0938. The van der Waals surface area contributed by atoms with Gasteiger partial charge in [-0.15, -0.1) is 0 Å². The maximum absolute atomic E-state index is 10.8. The summed E-state index contributed by atoms with van der Waals surface area (Å²) in [6, 6.07) is 37.4. The van der Waals surface area contributed by atoms with Crippen molar-refractivity contribution in [3.05, 3.63) is 149 Å². The van der Waals surface area contributed by atoms with E-state index in [4.69, 9.17) is 4.74 Å². The summed E-state index contributed by atoms with van der Waals surface area (Å²) in [5.74, 6) is 0.364. The predicted molar refractivity (Wildman–Crippen MR) is 145 cm³/mol. The Labute approximate surface area is 232 Å². The topological polar surface area (TPSA) is 60.6 Å². The van der Waals surface area contributed by atoms with Crippen LogP contribution in [0.2, 0.25) is 0 Å². The molecule has 4 aromatic rings. The Kier molecular flexibility index (Phi) is 10.5. The van der Waals surface area contributed by atoms with Gasteiger partial charge in [0.1, 0.15) is 18.1 Å². The zero-order chi connectivity index (χ0) is 25.2. The van der Waals surface area contributed by atoms with Gasteiger partial charge in [0.25, 0.3) is 0 Å². The van der Waals surface area contributed by atoms with Crippen LogP contribution in [0, 0.1) is 6.07 Å². The zero-order valence-corrected chi connectivity index (χ0v) is 22.6. The van der Waals surface area contributed by atoms with Gasteiger partial charge in [0.2, 0.25) is 0 Å². The molecule has 0 fully saturated rings. The van der Waals surface area contributed by atoms with Crippen molar-refractivity contribution >= 4 is 11.9 Å². The molecule has 4 nitrogen and oxygen atoms in total. The van der Waals surface area contributed by atoms with E-state index in [1.54, 1.807) is 0 Å². The van der Waals surface area contributed by atoms with Crippen LogP contribution in [-0.4, -0.2) is 17.5 Å². The van der Waals surface area contributed by atoms with Gasteiger partial charge in [0.15, 0.2) is 5.78 Å². The van der Waals surface area contributed by atoms with Crippen LogP contribution in [-0.2, 0) is 25.9 Å². The molecule has 1 heterocycles. The van der Waals surface area contributed by atoms with Gasteiger partial charge in [-0.1, -0.05) is 84.4 Å². The van der Waals surface area contributed by atoms with E-state index in [9.17, 15) is 9.90 Å². The van der Waals surface area contributed by atoms with E-state index in [0.29, 0.717) is 5.75 Å². The first kappa shape index (κ1) is 27.7. The van der Waals surface area contributed by atoms with Gasteiger partial charge in [0.05, 0.1) is 0 Å². The first-order valence-corrected chi connectivity index (χ1v) is 11.7. The molecule has 1 aliphatic heterocycles. The van der Waals surface area contributed by atoms with Crippen molar-refractivity contribution in [2.24, 2.45) is 0 Å². The quantitative estimate of drug-likeness (QED) is 0.130. The Morgan fingerprint density at radius 3 is 2.30 bits per heavy atom. The van der Waals surface area contributed by atoms with Crippen LogP contribution in [0.15, 0.2) is 121 Å². The fourth-order valence-corrected chi connectivity index (χ4v) is 3.83. The maximum Gasteiger partial charge on any atom is 2.00 e. The summed E-state index contributed by atoms with van der Waals surface area (Å²) in [6.45, 7) is 1.37. The molecule has 0 aliphatic carbocycles. The van der Waals surface area contributed by atoms with Crippen LogP contribution in [0.3, 0.4) is 0 Å². The number of ketones is 1. The predicted octanol–water partition coefficient (Wildman–Crippen LogP) is 7.69. The first-order chi connectivity index (χ1) is 17.6. The number of carbonyl (C=O) groups is 1. The van der Waals surface area contributed by atoms with E-state index in [0.717, 1.165) is 22.8 Å². The molecule has 0 saturated heterocycles. The van der Waals surface area contributed by atoms with Crippen LogP contribution in [0.1, 0.15) is 29.7 Å². The third-order valence-corrected chi connectivity index (χ3v) is 5.53. The average Bonchev–Trinajstić information content (AvgIpc) is 2.93. The summed E-state index contributed by atoms with van der Waals surface area (Å²) in [5, 5.41) is 14.0. The van der Waals surface area contributed by atoms with Crippen molar-refractivity contribution in [3.63, 3.8) is 0 Å². The Balaban J connectivity index is 0.000000204. The fourth-order valence-electron chi connectivity index (χ4n) is 3.83. The summed E-state index contributed by atoms with van der Waals surface area (Å²) in [4.78, 5) is 10.8. The SMILES string of the molecule is CC(=O)/C=C(\O)COc1ccc(-c2ccccc2)cc1.[Pt+2].[c-]1ccccc1C1[N-]C=Cc2ccccc21. The minimum atomic E-state index is -0.203. The first-order valence-electron chi connectivity index (χ1n) is 11.7. The minimum absolute atomic E-state index is 0. The molecule has 0 spiro atoms. The number of hydrogen-bond donors (Lipinski definition) is 1. The summed E-state index contributed by atoms with van der Waals surface area (Å²) in [6.07, 6.45) is 5.08. The molecule has 0 aromatic heterocycles. The van der Waals surface area contributed by atoms with Gasteiger partial charge in [-0.2, -0.15) is 42.1 Å². The zero-order valence-electron chi connectivity index (χ0n) is 20.4. The molecule has 0 bridgehead atoms. The summed E-state index contributed by atoms with van der Waals surface area (Å²) >= 11 is 0. The summed E-state index contributed by atoms with van der Waals surface area (Å²) in [7, 11) is 0. The van der Waals surface area contributed by atoms with Gasteiger partial charge in [0, 0.05) is 6.08 Å². The van der Waals surface area contributed by atoms with Gasteiger partial charge >= 0.3 is 21.1 Å². The second-order valence-electron chi connectivity index (χ2n) is 8.24. The number of rotatable bonds is 6. The van der Waals surface area contributed by atoms with Gasteiger partial charge in [-0.3, -0.25) is 4.79 Å². The molecule has 37 heavy (non-hydrogen) atoms. The van der Waals surface area contributed by atoms with Crippen molar-refractivity contribution < 1.29 is 35.7 Å². The second-order valence-corrected chi connectivity index (χ2v) is 8.24. The number of fused-ring (bicyclic) bond motifs is 1. The third-order valence-electron chi connectivity index (χ3n) is 5.53. The van der Waals surface area contributed by atoms with Crippen molar-refractivity contribution in [2.75, 3.05) is 6.61 Å². The van der Waals surface area contributed by atoms with Crippen LogP contribution >= 0.6 is 0 Å². The molecular formula is C32H27NO3Pt. The number of benzene rings is 4. The number of hydrogen-bond acceptors (Lipinski definition) is 3. The minimum Gasteiger partial charge on any atom is -0.682 e. The molecule has 0 radical (unpaired) electrons. The molecule has 1 N–H and O–H groups in total. The summed E-state index contributed by atoms with van der Waals surface area (Å²) in [5.41, 5.74) is 5.87. The molecule has 188 valence electrons. The molecule has 1 aliphatic rings. The number of aliphatic hydroxyl groups excluding tert-OH is 1. The molecule has 5 rings (SSSR count). The van der Waals surface area contributed by atoms with Crippen LogP contribution in [0.5, 0.6) is 5.75 Å². The smallest absolute Gasteiger partial charge is 0.682 e. The summed E-state index contributed by atoms with van der Waals surface area (Å²) < 4.78 is 5.39. The van der Waals surface area contributed by atoms with E-state index in [1.807, 2.05) is 79.0 Å². The Morgan fingerprint density at radius 2 is 1.59 bits per heavy atom. The molecule has 4 aromatic carbocycles. The average molecular weight is 669 g/mol. The second kappa shape index (κ2) is 14.0. The van der Waals surface area contributed by atoms with Crippen LogP contribution in [0.25, 0.3) is 22.5 Å². The Bertz CT molecular complexity index is 1330. The number of carbonyl (C=O) groups excluding carboxylic acids is 1.